The highest BCUT2D eigenvalue weighted by molar-refractivity contribution is 7.09. The van der Waals surface area contributed by atoms with Crippen molar-refractivity contribution in [1.29, 1.82) is 0 Å². The van der Waals surface area contributed by atoms with Crippen molar-refractivity contribution >= 4 is 22.9 Å². The number of pyridine rings is 1. The molecule has 0 bridgehead atoms. The highest BCUT2D eigenvalue weighted by atomic mass is 32.1. The SMILES string of the molecule is CC(C)(C)c1csc(C2CN(c3ccncc3C(N)=O)CCO2)n1. The van der Waals surface area contributed by atoms with E-state index in [1.165, 1.54) is 6.20 Å². The van der Waals surface area contributed by atoms with Crippen LogP contribution in [-0.2, 0) is 10.2 Å². The van der Waals surface area contributed by atoms with Crippen molar-refractivity contribution in [3.05, 3.63) is 40.1 Å². The molecule has 3 rings (SSSR count). The molecule has 1 aliphatic rings. The minimum Gasteiger partial charge on any atom is -0.367 e. The van der Waals surface area contributed by atoms with Crippen LogP contribution in [0.5, 0.6) is 0 Å². The topological polar surface area (TPSA) is 81.3 Å². The second-order valence-electron chi connectivity index (χ2n) is 6.88. The third kappa shape index (κ3) is 3.42. The summed E-state index contributed by atoms with van der Waals surface area (Å²) in [5.41, 5.74) is 7.81. The summed E-state index contributed by atoms with van der Waals surface area (Å²) in [6, 6.07) is 1.82. The first-order valence-electron chi connectivity index (χ1n) is 7.92. The summed E-state index contributed by atoms with van der Waals surface area (Å²) < 4.78 is 5.92. The fourth-order valence-corrected chi connectivity index (χ4v) is 3.73. The molecule has 0 spiro atoms. The number of carbonyl (C=O) groups is 1. The van der Waals surface area contributed by atoms with Gasteiger partial charge in [-0.25, -0.2) is 4.98 Å². The number of thiazole rings is 1. The zero-order chi connectivity index (χ0) is 17.3. The Morgan fingerprint density at radius 2 is 2.25 bits per heavy atom. The Morgan fingerprint density at radius 3 is 2.92 bits per heavy atom. The lowest BCUT2D eigenvalue weighted by molar-refractivity contribution is 0.0394. The quantitative estimate of drug-likeness (QED) is 0.923. The van der Waals surface area contributed by atoms with E-state index in [0.717, 1.165) is 16.4 Å². The summed E-state index contributed by atoms with van der Waals surface area (Å²) in [7, 11) is 0. The maximum absolute atomic E-state index is 11.6. The number of amides is 1. The normalized spacial score (nSPS) is 18.6. The molecule has 1 fully saturated rings. The summed E-state index contributed by atoms with van der Waals surface area (Å²) in [5.74, 6) is -0.467. The van der Waals surface area contributed by atoms with Crippen molar-refractivity contribution < 1.29 is 9.53 Å². The number of anilines is 1. The fraction of sp³-hybridized carbons (Fsp3) is 0.471. The Morgan fingerprint density at radius 1 is 1.46 bits per heavy atom. The molecular formula is C17H22N4O2S. The first-order valence-corrected chi connectivity index (χ1v) is 8.80. The number of nitrogens with two attached hydrogens (primary N) is 1. The van der Waals surface area contributed by atoms with Gasteiger partial charge in [-0.3, -0.25) is 9.78 Å². The van der Waals surface area contributed by atoms with Gasteiger partial charge in [-0.2, -0.15) is 0 Å². The van der Waals surface area contributed by atoms with Crippen LogP contribution in [0.25, 0.3) is 0 Å². The lowest BCUT2D eigenvalue weighted by atomic mass is 9.93. The smallest absolute Gasteiger partial charge is 0.252 e. The van der Waals surface area contributed by atoms with Crippen LogP contribution in [0.15, 0.2) is 23.8 Å². The molecule has 1 aliphatic heterocycles. The van der Waals surface area contributed by atoms with Crippen LogP contribution in [0.4, 0.5) is 5.69 Å². The largest absolute Gasteiger partial charge is 0.367 e. The number of aromatic nitrogens is 2. The van der Waals surface area contributed by atoms with Gasteiger partial charge in [0.05, 0.1) is 30.1 Å². The molecule has 2 N–H and O–H groups in total. The van der Waals surface area contributed by atoms with Crippen molar-refractivity contribution in [2.45, 2.75) is 32.3 Å². The zero-order valence-corrected chi connectivity index (χ0v) is 15.0. The lowest BCUT2D eigenvalue weighted by Crippen LogP contribution is -2.39. The number of hydrogen-bond donors (Lipinski definition) is 1. The Balaban J connectivity index is 1.83. The highest BCUT2D eigenvalue weighted by Gasteiger charge is 2.28. The number of primary amides is 1. The number of morpholine rings is 1. The van der Waals surface area contributed by atoms with E-state index in [4.69, 9.17) is 15.5 Å². The van der Waals surface area contributed by atoms with E-state index in [1.54, 1.807) is 17.5 Å². The summed E-state index contributed by atoms with van der Waals surface area (Å²) >= 11 is 1.62. The molecule has 6 nitrogen and oxygen atoms in total. The predicted octanol–water partition coefficient (Wildman–Crippen LogP) is 2.51. The van der Waals surface area contributed by atoms with Crippen LogP contribution in [0.1, 0.15) is 47.9 Å². The number of rotatable bonds is 3. The number of nitrogens with zero attached hydrogens (tertiary/aromatic N) is 3. The first-order chi connectivity index (χ1) is 11.4. The molecule has 7 heteroatoms. The van der Waals surface area contributed by atoms with Gasteiger partial charge in [-0.15, -0.1) is 11.3 Å². The molecular weight excluding hydrogens is 324 g/mol. The summed E-state index contributed by atoms with van der Waals surface area (Å²) in [4.78, 5) is 22.5. The van der Waals surface area contributed by atoms with Crippen molar-refractivity contribution in [3.8, 4) is 0 Å². The molecule has 2 aromatic heterocycles. The van der Waals surface area contributed by atoms with Gasteiger partial charge >= 0.3 is 0 Å². The van der Waals surface area contributed by atoms with Gasteiger partial charge in [-0.05, 0) is 6.07 Å². The first kappa shape index (κ1) is 16.9. The van der Waals surface area contributed by atoms with E-state index in [0.29, 0.717) is 25.3 Å². The molecule has 1 saturated heterocycles. The van der Waals surface area contributed by atoms with E-state index in [2.05, 4.69) is 36.0 Å². The van der Waals surface area contributed by atoms with Crippen LogP contribution >= 0.6 is 11.3 Å². The molecule has 128 valence electrons. The molecule has 24 heavy (non-hydrogen) atoms. The molecule has 2 aromatic rings. The number of hydrogen-bond acceptors (Lipinski definition) is 6. The van der Waals surface area contributed by atoms with Gasteiger partial charge in [-0.1, -0.05) is 20.8 Å². The predicted molar refractivity (Wildman–Crippen MR) is 94.5 cm³/mol. The maximum Gasteiger partial charge on any atom is 0.252 e. The van der Waals surface area contributed by atoms with Crippen molar-refractivity contribution in [3.63, 3.8) is 0 Å². The van der Waals surface area contributed by atoms with Crippen molar-refractivity contribution in [1.82, 2.24) is 9.97 Å². The van der Waals surface area contributed by atoms with Crippen molar-refractivity contribution in [2.24, 2.45) is 5.73 Å². The Hall–Kier alpha value is -1.99. The second kappa shape index (κ2) is 6.49. The van der Waals surface area contributed by atoms with Gasteiger partial charge in [0.15, 0.2) is 0 Å². The van der Waals surface area contributed by atoms with Gasteiger partial charge in [0.2, 0.25) is 0 Å². The minimum atomic E-state index is -0.467. The van der Waals surface area contributed by atoms with Gasteiger partial charge in [0.25, 0.3) is 5.91 Å². The lowest BCUT2D eigenvalue weighted by Gasteiger charge is -2.34. The monoisotopic (exact) mass is 346 g/mol. The minimum absolute atomic E-state index is 0.0212. The van der Waals surface area contributed by atoms with E-state index in [-0.39, 0.29) is 11.5 Å². The van der Waals surface area contributed by atoms with Gasteiger partial charge < -0.3 is 15.4 Å². The van der Waals surface area contributed by atoms with Gasteiger partial charge in [0.1, 0.15) is 11.1 Å². The van der Waals surface area contributed by atoms with Crippen LogP contribution in [0, 0.1) is 0 Å². The Kier molecular flexibility index (Phi) is 4.56. The molecule has 0 saturated carbocycles. The van der Waals surface area contributed by atoms with Gasteiger partial charge in [0, 0.05) is 29.7 Å². The average molecular weight is 346 g/mol. The van der Waals surface area contributed by atoms with E-state index in [1.807, 2.05) is 6.07 Å². The van der Waals surface area contributed by atoms with E-state index >= 15 is 0 Å². The number of carbonyl (C=O) groups excluding carboxylic acids is 1. The molecule has 0 radical (unpaired) electrons. The summed E-state index contributed by atoms with van der Waals surface area (Å²) in [6.07, 6.45) is 3.09. The molecule has 1 atom stereocenters. The van der Waals surface area contributed by atoms with E-state index in [9.17, 15) is 4.79 Å². The van der Waals surface area contributed by atoms with Crippen molar-refractivity contribution in [2.75, 3.05) is 24.6 Å². The van der Waals surface area contributed by atoms with Crippen LogP contribution in [0.3, 0.4) is 0 Å². The summed E-state index contributed by atoms with van der Waals surface area (Å²) in [5, 5.41) is 3.07. The maximum atomic E-state index is 11.6. The third-order valence-corrected chi connectivity index (χ3v) is 4.97. The highest BCUT2D eigenvalue weighted by Crippen LogP contribution is 2.32. The molecule has 1 unspecified atom stereocenters. The molecule has 0 aliphatic carbocycles. The molecule has 0 aromatic carbocycles. The van der Waals surface area contributed by atoms with E-state index < -0.39 is 5.91 Å². The second-order valence-corrected chi connectivity index (χ2v) is 7.77. The Bertz CT molecular complexity index is 738. The third-order valence-electron chi connectivity index (χ3n) is 4.04. The van der Waals surface area contributed by atoms with Crippen LogP contribution in [-0.4, -0.2) is 35.6 Å². The standard InChI is InChI=1S/C17H22N4O2S/c1-17(2,3)14-10-24-16(20-14)13-9-21(6-7-23-13)12-4-5-19-8-11(12)15(18)22/h4-5,8,10,13H,6-7,9H2,1-3H3,(H2,18,22). The molecule has 1 amide bonds. The zero-order valence-electron chi connectivity index (χ0n) is 14.2. The fourth-order valence-electron chi connectivity index (χ4n) is 2.65. The average Bonchev–Trinajstić information content (AvgIpc) is 3.05. The number of ether oxygens (including phenoxy) is 1. The van der Waals surface area contributed by atoms with Crippen LogP contribution < -0.4 is 10.6 Å². The molecule has 3 heterocycles. The summed E-state index contributed by atoms with van der Waals surface area (Å²) in [6.45, 7) is 8.37. The van der Waals surface area contributed by atoms with Crippen LogP contribution in [0.2, 0.25) is 0 Å². The Labute approximate surface area is 145 Å².